The molecule has 4 N–H and O–H groups in total. The average molecular weight is 2110 g/mol. The van der Waals surface area contributed by atoms with Crippen LogP contribution in [0.3, 0.4) is 0 Å². The molecule has 0 spiro atoms. The third-order valence-corrected chi connectivity index (χ3v) is 34.8. The van der Waals surface area contributed by atoms with E-state index in [1.54, 1.807) is 89.4 Å². The number of hydrogen-bond donors (Lipinski definition) is 4. The summed E-state index contributed by atoms with van der Waals surface area (Å²) in [4.78, 5) is 131. The number of carbonyl (C=O) groups excluding carboxylic acids is 4. The number of benzene rings is 8. The minimum absolute atomic E-state index is 0.0659. The van der Waals surface area contributed by atoms with E-state index in [0.29, 0.717) is 107 Å². The maximum absolute atomic E-state index is 15.6. The number of fused-ring (bicyclic) bond motifs is 28. The third-order valence-electron chi connectivity index (χ3n) is 29.4. The Balaban J connectivity index is 0.000000103. The molecule has 0 bridgehead atoms. The predicted octanol–water partition coefficient (Wildman–Crippen LogP) is 17.6. The summed E-state index contributed by atoms with van der Waals surface area (Å²) in [6, 6.07) is 43.3. The number of amides is 4. The first-order chi connectivity index (χ1) is 71.9. The van der Waals surface area contributed by atoms with Crippen LogP contribution in [0.15, 0.2) is 236 Å². The third kappa shape index (κ3) is 14.2. The van der Waals surface area contributed by atoms with Crippen LogP contribution in [0.4, 0.5) is 35.1 Å². The molecule has 42 heteroatoms. The molecule has 148 heavy (non-hydrogen) atoms. The van der Waals surface area contributed by atoms with Crippen LogP contribution in [-0.2, 0) is 0 Å². The predicted molar refractivity (Wildman–Crippen MR) is 543 cm³/mol. The molecule has 8 aromatic heterocycles. The number of rotatable bonds is 4. The largest absolute Gasteiger partial charge is 0.502 e. The summed E-state index contributed by atoms with van der Waals surface area (Å²) in [5, 5.41) is 50.5. The van der Waals surface area contributed by atoms with Gasteiger partial charge in [-0.25, -0.2) is 55.1 Å². The molecular formula is C106H76F8N16O12S6. The Morgan fingerprint density at radius 3 is 0.784 bits per heavy atom. The molecule has 8 atom stereocenters. The lowest BCUT2D eigenvalue weighted by molar-refractivity contribution is 0.0456. The van der Waals surface area contributed by atoms with E-state index in [1.807, 2.05) is 117 Å². The van der Waals surface area contributed by atoms with Crippen molar-refractivity contribution in [2.24, 2.45) is 0 Å². The molecule has 28 rings (SSSR count). The van der Waals surface area contributed by atoms with E-state index in [2.05, 4.69) is 19.9 Å². The normalized spacial score (nSPS) is 19.9. The molecule has 12 aliphatic rings. The van der Waals surface area contributed by atoms with Crippen LogP contribution in [0, 0.1) is 46.5 Å². The zero-order valence-corrected chi connectivity index (χ0v) is 81.9. The number of aromatic nitrogens is 8. The number of hydrogen-bond acceptors (Lipinski definition) is 26. The van der Waals surface area contributed by atoms with E-state index < -0.39 is 164 Å². The van der Waals surface area contributed by atoms with Gasteiger partial charge in [0.25, 0.3) is 23.6 Å². The van der Waals surface area contributed by atoms with Gasteiger partial charge in [-0.2, -0.15) is 23.5 Å². The molecular weight excluding hydrogens is 2030 g/mol. The summed E-state index contributed by atoms with van der Waals surface area (Å²) >= 11 is 8.75. The van der Waals surface area contributed by atoms with E-state index in [0.717, 1.165) is 114 Å². The lowest BCUT2D eigenvalue weighted by atomic mass is 9.91. The van der Waals surface area contributed by atoms with E-state index in [-0.39, 0.29) is 45.0 Å². The molecule has 16 heterocycles. The topological polar surface area (TPSA) is 315 Å². The smallest absolute Gasteiger partial charge is 0.278 e. The molecule has 4 amide bonds. The van der Waals surface area contributed by atoms with Gasteiger partial charge in [0.2, 0.25) is 21.7 Å². The summed E-state index contributed by atoms with van der Waals surface area (Å²) in [6.45, 7) is 1.75. The molecule has 16 aromatic rings. The van der Waals surface area contributed by atoms with Gasteiger partial charge in [-0.05, 0) is 130 Å². The Kier molecular flexibility index (Phi) is 22.9. The van der Waals surface area contributed by atoms with Crippen molar-refractivity contribution in [2.75, 3.05) is 69.2 Å². The molecule has 4 fully saturated rings. The minimum Gasteiger partial charge on any atom is -0.502 e. The number of aromatic hydroxyl groups is 4. The van der Waals surface area contributed by atoms with Crippen LogP contribution >= 0.6 is 68.9 Å². The Morgan fingerprint density at radius 1 is 0.277 bits per heavy atom. The van der Waals surface area contributed by atoms with Crippen molar-refractivity contribution < 1.29 is 74.7 Å². The zero-order valence-electron chi connectivity index (χ0n) is 77.0. The molecule has 4 aliphatic carbocycles. The van der Waals surface area contributed by atoms with Crippen molar-refractivity contribution in [1.82, 2.24) is 58.2 Å². The Hall–Kier alpha value is -15.5. The van der Waals surface area contributed by atoms with E-state index in [1.165, 1.54) is 113 Å². The number of carbonyl (C=O) groups is 4. The average Bonchev–Trinajstić information content (AvgIpc) is 1.69. The fraction of sp³-hybridized carbons (Fsp3) is 0.208. The number of thioether (sulfide) groups is 2. The first-order valence-electron chi connectivity index (χ1n) is 47.2. The van der Waals surface area contributed by atoms with Gasteiger partial charge < -0.3 is 40.0 Å². The first kappa shape index (κ1) is 93.5. The maximum Gasteiger partial charge on any atom is 0.278 e. The zero-order chi connectivity index (χ0) is 102. The van der Waals surface area contributed by atoms with Crippen molar-refractivity contribution in [1.29, 1.82) is 0 Å². The van der Waals surface area contributed by atoms with Crippen LogP contribution in [-0.4, -0.2) is 176 Å². The molecule has 0 radical (unpaired) electrons. The van der Waals surface area contributed by atoms with Gasteiger partial charge in [-0.3, -0.25) is 77.1 Å². The number of pyridine rings is 4. The van der Waals surface area contributed by atoms with Crippen LogP contribution in [0.25, 0.3) is 86.8 Å². The first-order valence-corrected chi connectivity index (χ1v) is 53.1. The van der Waals surface area contributed by atoms with E-state index in [4.69, 9.17) is 0 Å². The fourth-order valence-electron chi connectivity index (χ4n) is 23.1. The van der Waals surface area contributed by atoms with E-state index >= 15 is 17.6 Å². The number of thiazole rings is 4. The lowest BCUT2D eigenvalue weighted by Gasteiger charge is -2.51. The molecule has 8 aliphatic heterocycles. The summed E-state index contributed by atoms with van der Waals surface area (Å²) in [5.41, 5.74) is 13.5. The van der Waals surface area contributed by atoms with Crippen LogP contribution in [0.1, 0.15) is 149 Å². The van der Waals surface area contributed by atoms with Crippen molar-refractivity contribution in [3.8, 4) is 110 Å². The Bertz CT molecular complexity index is 7650. The van der Waals surface area contributed by atoms with Gasteiger partial charge in [-0.15, -0.1) is 45.3 Å². The summed E-state index contributed by atoms with van der Waals surface area (Å²) in [5.74, 6) is -9.63. The molecule has 8 aromatic carbocycles. The highest BCUT2D eigenvalue weighted by atomic mass is 32.2. The van der Waals surface area contributed by atoms with Crippen molar-refractivity contribution >= 4 is 92.5 Å². The molecule has 4 saturated heterocycles. The van der Waals surface area contributed by atoms with Crippen LogP contribution < -0.4 is 41.8 Å². The molecule has 28 nitrogen and oxygen atoms in total. The van der Waals surface area contributed by atoms with E-state index in [9.17, 15) is 76.3 Å². The van der Waals surface area contributed by atoms with Gasteiger partial charge >= 0.3 is 0 Å². The summed E-state index contributed by atoms with van der Waals surface area (Å²) < 4.78 is 127. The standard InChI is InChI=1S/2C27H20F2N4O3S.2C26H18F2N4O3S2/c2*28-17-9-8-16-20(21(17)29)22-26(37-13-30-22)15-6-2-1-5-14(15)23(16)33-19-7-3-4-11-31(19)27(36)24-25(35)18(34)10-12-32(24)33;2*27-16-6-5-15-19(20(16)28)21-25(37-12-29-21)14-4-2-1-3-13(14)22(15)32-18-11-36-10-9-30(18)26(35)23-24(34)17(33)7-8-31(23)32/h2*1-2,5-6,8-10,12-13,19,23,35H,3-4,7,11H2;2*1-8,12,18,22,34H,9-11H2/t19-,23-;;18-,22-;/m1.1./s1. The highest BCUT2D eigenvalue weighted by Crippen LogP contribution is 2.58. The number of nitrogens with zero attached hydrogens (tertiary/aromatic N) is 16. The monoisotopic (exact) mass is 2110 g/mol. The minimum atomic E-state index is -0.992. The van der Waals surface area contributed by atoms with Gasteiger partial charge in [0.1, 0.15) is 24.7 Å². The number of halogens is 8. The quantitative estimate of drug-likeness (QED) is 0.119. The van der Waals surface area contributed by atoms with Gasteiger partial charge in [0.15, 0.2) is 92.3 Å². The van der Waals surface area contributed by atoms with Crippen LogP contribution in [0.2, 0.25) is 0 Å². The van der Waals surface area contributed by atoms with Crippen LogP contribution in [0.5, 0.6) is 23.0 Å². The molecule has 0 saturated carbocycles. The summed E-state index contributed by atoms with van der Waals surface area (Å²) in [6.07, 6.45) is 8.64. The maximum atomic E-state index is 15.6. The second-order valence-electron chi connectivity index (χ2n) is 36.8. The molecule has 744 valence electrons. The highest BCUT2D eigenvalue weighted by molar-refractivity contribution is 7.99. The van der Waals surface area contributed by atoms with Crippen molar-refractivity contribution in [3.05, 3.63) is 371 Å². The van der Waals surface area contributed by atoms with Gasteiger partial charge in [0, 0.05) is 120 Å². The second kappa shape index (κ2) is 36.3. The van der Waals surface area contributed by atoms with Crippen molar-refractivity contribution in [3.63, 3.8) is 0 Å². The fourth-order valence-corrected chi connectivity index (χ4v) is 28.5. The SMILES string of the molecule is O=C1c2c(O)c(=O)ccn2N(C2c3ccccc3-c3scnc3-c3c2ccc(F)c3F)C2CCCCN12.O=C1c2c(O)c(=O)ccn2N(C2c3ccccc3-c3scnc3-c3c2ccc(F)c3F)C2CSCCN12.O=C1c2c(O)c(=O)ccn2N([C@@H]2c3ccccc3-c3scnc3-c3c2ccc(F)c3F)[C@@H]2CCCCN12.O=C1c2c(O)c(=O)ccn2N([C@@H]2c3ccccc3-c3scnc3-c3c2ccc(F)c3F)[C@@H]2CSCCN12. The highest BCUT2D eigenvalue weighted by Gasteiger charge is 2.54. The molecule has 4 unspecified atom stereocenters. The Labute approximate surface area is 857 Å². The number of piperidine rings is 2. The summed E-state index contributed by atoms with van der Waals surface area (Å²) in [7, 11) is 0. The van der Waals surface area contributed by atoms with Crippen molar-refractivity contribution in [2.45, 2.75) is 87.4 Å². The second-order valence-corrected chi connectivity index (χ2v) is 42.6. The van der Waals surface area contributed by atoms with Gasteiger partial charge in [0.05, 0.1) is 88.5 Å². The Morgan fingerprint density at radius 2 is 0.520 bits per heavy atom. The lowest BCUT2D eigenvalue weighted by Crippen LogP contribution is -2.65. The van der Waals surface area contributed by atoms with Gasteiger partial charge in [-0.1, -0.05) is 121 Å².